The maximum Gasteiger partial charge on any atom is 0.0262 e. The van der Waals surface area contributed by atoms with Gasteiger partial charge < -0.3 is 7.43 Å². The molecule has 3 aromatic rings. The topological polar surface area (TPSA) is 12.9 Å². The maximum atomic E-state index is 4.27. The predicted octanol–water partition coefficient (Wildman–Crippen LogP) is 4.87. The van der Waals surface area contributed by atoms with Gasteiger partial charge in [0, 0.05) is 32.3 Å². The summed E-state index contributed by atoms with van der Waals surface area (Å²) in [6.45, 7) is 3.96. The fourth-order valence-corrected chi connectivity index (χ4v) is 1.63. The van der Waals surface area contributed by atoms with Gasteiger partial charge in [-0.1, -0.05) is 12.1 Å². The Bertz CT molecular complexity index is 568. The summed E-state index contributed by atoms with van der Waals surface area (Å²) in [4.78, 5) is 4.27. The largest absolute Gasteiger partial charge is 0.358 e. The smallest absolute Gasteiger partial charge is 0.0262 e. The van der Waals surface area contributed by atoms with Gasteiger partial charge in [0.1, 0.15) is 0 Å². The van der Waals surface area contributed by atoms with Gasteiger partial charge in [-0.15, -0.1) is 17.7 Å². The first-order chi connectivity index (χ1) is 9.38. The fraction of sp³-hybridized carbons (Fsp3) is 0. The second kappa shape index (κ2) is 10.9. The minimum atomic E-state index is 0. The standard InChI is InChI=1S/C12H10N.C6H5.CH3.Pd/c1-10-6-2-3-7-11(10)12-8-4-5-9-13-12;1-2-4-6-5-3-1;;/h2-9H,1H2;1-5H;1H3;/q3*-1;. The minimum Gasteiger partial charge on any atom is -0.358 e. The molecule has 112 valence electrons. The van der Waals surface area contributed by atoms with Crippen LogP contribution < -0.4 is 0 Å². The van der Waals surface area contributed by atoms with Gasteiger partial charge in [0.05, 0.1) is 0 Å². The van der Waals surface area contributed by atoms with Crippen molar-refractivity contribution >= 4 is 0 Å². The van der Waals surface area contributed by atoms with Crippen LogP contribution in [0.4, 0.5) is 0 Å². The molecule has 0 aliphatic carbocycles. The second-order valence-electron chi connectivity index (χ2n) is 3.95. The van der Waals surface area contributed by atoms with Crippen LogP contribution in [0.3, 0.4) is 0 Å². The molecule has 0 saturated heterocycles. The predicted molar refractivity (Wildman–Crippen MR) is 85.8 cm³/mol. The van der Waals surface area contributed by atoms with Gasteiger partial charge >= 0.3 is 0 Å². The molecular weight excluding hydrogens is 349 g/mol. The number of hydrogen-bond donors (Lipinski definition) is 0. The summed E-state index contributed by atoms with van der Waals surface area (Å²) in [6.07, 6.45) is 1.79. The number of hydrogen-bond acceptors (Lipinski definition) is 1. The van der Waals surface area contributed by atoms with Gasteiger partial charge in [-0.2, -0.15) is 55.0 Å². The van der Waals surface area contributed by atoms with E-state index in [0.29, 0.717) is 0 Å². The summed E-state index contributed by atoms with van der Waals surface area (Å²) >= 11 is 0. The van der Waals surface area contributed by atoms with Crippen LogP contribution in [0.25, 0.3) is 11.3 Å². The van der Waals surface area contributed by atoms with Crippen molar-refractivity contribution < 1.29 is 20.4 Å². The summed E-state index contributed by atoms with van der Waals surface area (Å²) in [5.74, 6) is 0. The van der Waals surface area contributed by atoms with Crippen molar-refractivity contribution in [3.63, 3.8) is 0 Å². The van der Waals surface area contributed by atoms with Crippen LogP contribution in [0, 0.1) is 20.4 Å². The van der Waals surface area contributed by atoms with E-state index in [2.05, 4.69) is 18.0 Å². The molecule has 0 bridgehead atoms. The van der Waals surface area contributed by atoms with E-state index in [1.807, 2.05) is 72.8 Å². The molecule has 2 aromatic carbocycles. The first-order valence-corrected chi connectivity index (χ1v) is 6.11. The molecule has 0 spiro atoms. The zero-order chi connectivity index (χ0) is 13.3. The number of pyridine rings is 1. The second-order valence-corrected chi connectivity index (χ2v) is 3.95. The van der Waals surface area contributed by atoms with E-state index >= 15 is 0 Å². The van der Waals surface area contributed by atoms with Gasteiger partial charge in [0.15, 0.2) is 0 Å². The Balaban J connectivity index is 0.000000430. The Morgan fingerprint density at radius 2 is 1.48 bits per heavy atom. The number of benzene rings is 2. The molecule has 1 heterocycles. The average Bonchev–Trinajstić information content (AvgIpc) is 2.51. The van der Waals surface area contributed by atoms with E-state index in [4.69, 9.17) is 0 Å². The van der Waals surface area contributed by atoms with Crippen LogP contribution in [-0.4, -0.2) is 4.98 Å². The number of nitrogens with zero attached hydrogens (tertiary/aromatic N) is 1. The monoisotopic (exact) mass is 366 g/mol. The van der Waals surface area contributed by atoms with Crippen molar-refractivity contribution in [1.29, 1.82) is 0 Å². The molecular formula is C19H18NPd-3. The normalized spacial score (nSPS) is 8.38. The van der Waals surface area contributed by atoms with Gasteiger partial charge in [0.2, 0.25) is 0 Å². The molecule has 0 aliphatic rings. The van der Waals surface area contributed by atoms with Crippen LogP contribution in [0.15, 0.2) is 79.0 Å². The van der Waals surface area contributed by atoms with Gasteiger partial charge in [-0.25, -0.2) is 0 Å². The van der Waals surface area contributed by atoms with Crippen LogP contribution in [0.2, 0.25) is 0 Å². The van der Waals surface area contributed by atoms with Crippen molar-refractivity contribution in [3.8, 4) is 11.3 Å². The SMILES string of the molecule is [CH2-]c1ccccc1-c1ccccn1.[CH3-].[Pd].[c-]1ccccc1. The Morgan fingerprint density at radius 1 is 0.810 bits per heavy atom. The summed E-state index contributed by atoms with van der Waals surface area (Å²) in [5, 5.41) is 0. The van der Waals surface area contributed by atoms with E-state index in [9.17, 15) is 0 Å². The quantitative estimate of drug-likeness (QED) is 0.442. The Morgan fingerprint density at radius 3 is 1.95 bits per heavy atom. The number of rotatable bonds is 1. The summed E-state index contributed by atoms with van der Waals surface area (Å²) in [6, 6.07) is 26.4. The Labute approximate surface area is 141 Å². The van der Waals surface area contributed by atoms with E-state index < -0.39 is 0 Å². The molecule has 21 heavy (non-hydrogen) atoms. The van der Waals surface area contributed by atoms with E-state index in [0.717, 1.165) is 16.8 Å². The average molecular weight is 367 g/mol. The zero-order valence-corrected chi connectivity index (χ0v) is 13.5. The van der Waals surface area contributed by atoms with Crippen molar-refractivity contribution in [2.45, 2.75) is 0 Å². The van der Waals surface area contributed by atoms with Crippen molar-refractivity contribution in [1.82, 2.24) is 4.98 Å². The third kappa shape index (κ3) is 6.40. The minimum absolute atomic E-state index is 0. The molecule has 0 amide bonds. The van der Waals surface area contributed by atoms with Crippen LogP contribution in [0.1, 0.15) is 5.56 Å². The Kier molecular flexibility index (Phi) is 9.89. The summed E-state index contributed by atoms with van der Waals surface area (Å²) in [5.41, 5.74) is 3.09. The van der Waals surface area contributed by atoms with Crippen molar-refractivity contribution in [3.05, 3.63) is 105 Å². The molecule has 0 aliphatic heterocycles. The molecule has 0 N–H and O–H groups in total. The zero-order valence-electron chi connectivity index (χ0n) is 12.0. The van der Waals surface area contributed by atoms with Crippen molar-refractivity contribution in [2.75, 3.05) is 0 Å². The molecule has 0 fully saturated rings. The van der Waals surface area contributed by atoms with E-state index in [-0.39, 0.29) is 27.8 Å². The van der Waals surface area contributed by atoms with Crippen molar-refractivity contribution in [2.24, 2.45) is 0 Å². The maximum absolute atomic E-state index is 4.27. The first-order valence-electron chi connectivity index (χ1n) is 6.11. The van der Waals surface area contributed by atoms with Gasteiger partial charge in [-0.05, 0) is 12.1 Å². The van der Waals surface area contributed by atoms with E-state index in [1.165, 1.54) is 0 Å². The summed E-state index contributed by atoms with van der Waals surface area (Å²) in [7, 11) is 0. The van der Waals surface area contributed by atoms with Crippen LogP contribution in [-0.2, 0) is 20.4 Å². The molecule has 0 radical (unpaired) electrons. The molecule has 2 heteroatoms. The van der Waals surface area contributed by atoms with E-state index in [1.54, 1.807) is 6.20 Å². The molecule has 0 saturated carbocycles. The van der Waals surface area contributed by atoms with Crippen LogP contribution >= 0.6 is 0 Å². The first kappa shape index (κ1) is 19.1. The van der Waals surface area contributed by atoms with Gasteiger partial charge in [-0.3, -0.25) is 4.98 Å². The fourth-order valence-electron chi connectivity index (χ4n) is 1.63. The summed E-state index contributed by atoms with van der Waals surface area (Å²) < 4.78 is 0. The van der Waals surface area contributed by atoms with Crippen LogP contribution in [0.5, 0.6) is 0 Å². The third-order valence-electron chi connectivity index (χ3n) is 2.57. The molecule has 1 nitrogen and oxygen atoms in total. The molecule has 1 aromatic heterocycles. The molecule has 3 rings (SSSR count). The van der Waals surface area contributed by atoms with Gasteiger partial charge in [0.25, 0.3) is 0 Å². The molecule has 0 atom stereocenters. The Hall–Kier alpha value is -1.88. The molecule has 0 unspecified atom stereocenters. The third-order valence-corrected chi connectivity index (χ3v) is 2.57. The number of aromatic nitrogens is 1.